The Morgan fingerprint density at radius 1 is 1.07 bits per heavy atom. The molecule has 0 spiro atoms. The number of hydrogen-bond acceptors (Lipinski definition) is 3. The molecule has 148 valence electrons. The van der Waals surface area contributed by atoms with Crippen molar-refractivity contribution in [3.63, 3.8) is 0 Å². The van der Waals surface area contributed by atoms with Gasteiger partial charge in [0, 0.05) is 55.2 Å². The SMILES string of the molecule is CCc1c(C(=O)CCc2cccnc2)c2c(n1Cc1ccccc1)CCC(=O)C2. The van der Waals surface area contributed by atoms with E-state index in [2.05, 4.69) is 28.6 Å². The second kappa shape index (κ2) is 8.56. The monoisotopic (exact) mass is 386 g/mol. The molecule has 2 aromatic heterocycles. The van der Waals surface area contributed by atoms with Crippen LogP contribution in [0.15, 0.2) is 54.9 Å². The van der Waals surface area contributed by atoms with Crippen molar-refractivity contribution in [2.75, 3.05) is 0 Å². The summed E-state index contributed by atoms with van der Waals surface area (Å²) in [5.74, 6) is 0.377. The number of carbonyl (C=O) groups is 2. The number of Topliss-reactive ketones (excluding diaryl/α,β-unsaturated/α-hetero) is 2. The molecule has 1 aromatic carbocycles. The molecule has 2 heterocycles. The van der Waals surface area contributed by atoms with Gasteiger partial charge in [-0.25, -0.2) is 0 Å². The predicted octanol–water partition coefficient (Wildman–Crippen LogP) is 4.37. The largest absolute Gasteiger partial charge is 0.343 e. The van der Waals surface area contributed by atoms with Gasteiger partial charge in [0.25, 0.3) is 0 Å². The van der Waals surface area contributed by atoms with Crippen molar-refractivity contribution in [1.82, 2.24) is 9.55 Å². The van der Waals surface area contributed by atoms with Crippen LogP contribution in [0.25, 0.3) is 0 Å². The van der Waals surface area contributed by atoms with Gasteiger partial charge in [-0.2, -0.15) is 0 Å². The highest BCUT2D eigenvalue weighted by atomic mass is 16.1. The number of rotatable bonds is 7. The van der Waals surface area contributed by atoms with Crippen LogP contribution in [0.4, 0.5) is 0 Å². The van der Waals surface area contributed by atoms with Gasteiger partial charge in [0.1, 0.15) is 5.78 Å². The van der Waals surface area contributed by atoms with E-state index in [-0.39, 0.29) is 11.6 Å². The average Bonchev–Trinajstić information content (AvgIpc) is 3.06. The van der Waals surface area contributed by atoms with Crippen LogP contribution in [0.5, 0.6) is 0 Å². The van der Waals surface area contributed by atoms with Gasteiger partial charge in [-0.15, -0.1) is 0 Å². The van der Waals surface area contributed by atoms with Crippen LogP contribution in [-0.4, -0.2) is 21.1 Å². The summed E-state index contributed by atoms with van der Waals surface area (Å²) < 4.78 is 2.30. The number of fused-ring (bicyclic) bond motifs is 1. The summed E-state index contributed by atoms with van der Waals surface area (Å²) in [6.07, 6.45) is 7.12. The molecule has 29 heavy (non-hydrogen) atoms. The number of carbonyl (C=O) groups excluding carboxylic acids is 2. The molecule has 0 fully saturated rings. The number of hydrogen-bond donors (Lipinski definition) is 0. The third-order valence-electron chi connectivity index (χ3n) is 5.77. The average molecular weight is 386 g/mol. The minimum atomic E-state index is 0.142. The number of pyridine rings is 1. The molecule has 0 aliphatic heterocycles. The molecule has 3 aromatic rings. The topological polar surface area (TPSA) is 52.0 Å². The lowest BCUT2D eigenvalue weighted by Crippen LogP contribution is -2.17. The zero-order valence-electron chi connectivity index (χ0n) is 16.9. The highest BCUT2D eigenvalue weighted by molar-refractivity contribution is 6.01. The van der Waals surface area contributed by atoms with E-state index < -0.39 is 0 Å². The number of aromatic nitrogens is 2. The van der Waals surface area contributed by atoms with E-state index in [1.807, 2.05) is 36.5 Å². The minimum Gasteiger partial charge on any atom is -0.343 e. The quantitative estimate of drug-likeness (QED) is 0.567. The van der Waals surface area contributed by atoms with E-state index >= 15 is 0 Å². The third-order valence-corrected chi connectivity index (χ3v) is 5.77. The van der Waals surface area contributed by atoms with E-state index in [1.165, 1.54) is 11.3 Å². The Labute approximate surface area is 171 Å². The van der Waals surface area contributed by atoms with Gasteiger partial charge in [0.05, 0.1) is 0 Å². The molecular weight excluding hydrogens is 360 g/mol. The highest BCUT2D eigenvalue weighted by Gasteiger charge is 2.30. The zero-order chi connectivity index (χ0) is 20.2. The summed E-state index contributed by atoms with van der Waals surface area (Å²) in [6.45, 7) is 2.85. The summed E-state index contributed by atoms with van der Waals surface area (Å²) in [4.78, 5) is 29.7. The standard InChI is InChI=1S/C25H26N2O2/c1-2-22-25(24(29)13-10-18-9-6-14-26-16-18)21-15-20(28)11-12-23(21)27(22)17-19-7-4-3-5-8-19/h3-9,14,16H,2,10-13,15,17H2,1H3. The van der Waals surface area contributed by atoms with Crippen LogP contribution < -0.4 is 0 Å². The summed E-state index contributed by atoms with van der Waals surface area (Å²) in [6, 6.07) is 14.2. The maximum absolute atomic E-state index is 13.3. The molecule has 0 saturated carbocycles. The van der Waals surface area contributed by atoms with E-state index in [4.69, 9.17) is 0 Å². The van der Waals surface area contributed by atoms with Crippen molar-refractivity contribution >= 4 is 11.6 Å². The van der Waals surface area contributed by atoms with Crippen molar-refractivity contribution in [2.24, 2.45) is 0 Å². The Kier molecular flexibility index (Phi) is 5.70. The van der Waals surface area contributed by atoms with Crippen molar-refractivity contribution in [3.05, 3.63) is 88.5 Å². The fourth-order valence-corrected chi connectivity index (χ4v) is 4.38. The van der Waals surface area contributed by atoms with Crippen LogP contribution in [0, 0.1) is 0 Å². The van der Waals surface area contributed by atoms with E-state index in [1.54, 1.807) is 6.20 Å². The number of aryl methyl sites for hydroxylation is 1. The molecule has 0 radical (unpaired) electrons. The molecule has 4 rings (SSSR count). The van der Waals surface area contributed by atoms with Gasteiger partial charge in [-0.1, -0.05) is 43.3 Å². The lowest BCUT2D eigenvalue weighted by molar-refractivity contribution is -0.118. The fraction of sp³-hybridized carbons (Fsp3) is 0.320. The molecule has 0 N–H and O–H groups in total. The maximum Gasteiger partial charge on any atom is 0.165 e. The van der Waals surface area contributed by atoms with Crippen LogP contribution >= 0.6 is 0 Å². The third kappa shape index (κ3) is 4.07. The lowest BCUT2D eigenvalue weighted by atomic mass is 9.90. The first-order chi connectivity index (χ1) is 14.2. The predicted molar refractivity (Wildman–Crippen MR) is 113 cm³/mol. The molecule has 0 amide bonds. The molecule has 4 nitrogen and oxygen atoms in total. The van der Waals surface area contributed by atoms with Crippen LogP contribution in [0.2, 0.25) is 0 Å². The number of nitrogens with zero attached hydrogens (tertiary/aromatic N) is 2. The summed E-state index contributed by atoms with van der Waals surface area (Å²) >= 11 is 0. The van der Waals surface area contributed by atoms with Crippen molar-refractivity contribution in [2.45, 2.75) is 52.0 Å². The Balaban J connectivity index is 1.70. The first-order valence-corrected chi connectivity index (χ1v) is 10.4. The van der Waals surface area contributed by atoms with Crippen LogP contribution in [-0.2, 0) is 37.0 Å². The Bertz CT molecular complexity index is 1020. The van der Waals surface area contributed by atoms with Gasteiger partial charge in [-0.05, 0) is 42.0 Å². The molecule has 0 saturated heterocycles. The van der Waals surface area contributed by atoms with E-state index in [9.17, 15) is 9.59 Å². The van der Waals surface area contributed by atoms with Gasteiger partial charge in [0.2, 0.25) is 0 Å². The van der Waals surface area contributed by atoms with E-state index in [0.717, 1.165) is 41.8 Å². The second-order valence-electron chi connectivity index (χ2n) is 7.67. The van der Waals surface area contributed by atoms with Crippen molar-refractivity contribution in [1.29, 1.82) is 0 Å². The summed E-state index contributed by atoms with van der Waals surface area (Å²) in [5, 5.41) is 0. The normalized spacial score (nSPS) is 13.3. The molecular formula is C25H26N2O2. The van der Waals surface area contributed by atoms with Gasteiger partial charge in [0.15, 0.2) is 5.78 Å². The molecule has 0 atom stereocenters. The van der Waals surface area contributed by atoms with Gasteiger partial charge in [-0.3, -0.25) is 14.6 Å². The smallest absolute Gasteiger partial charge is 0.165 e. The Morgan fingerprint density at radius 2 is 1.86 bits per heavy atom. The minimum absolute atomic E-state index is 0.142. The number of benzene rings is 1. The first kappa shape index (κ1) is 19.3. The van der Waals surface area contributed by atoms with Gasteiger partial charge < -0.3 is 4.57 Å². The van der Waals surface area contributed by atoms with Crippen molar-refractivity contribution in [3.8, 4) is 0 Å². The molecule has 1 aliphatic carbocycles. The van der Waals surface area contributed by atoms with Gasteiger partial charge >= 0.3 is 0 Å². The molecule has 4 heteroatoms. The number of ketones is 2. The lowest BCUT2D eigenvalue weighted by Gasteiger charge is -2.16. The highest BCUT2D eigenvalue weighted by Crippen LogP contribution is 2.31. The molecule has 0 unspecified atom stereocenters. The summed E-state index contributed by atoms with van der Waals surface area (Å²) in [5.41, 5.74) is 6.30. The second-order valence-corrected chi connectivity index (χ2v) is 7.67. The fourth-order valence-electron chi connectivity index (χ4n) is 4.38. The Morgan fingerprint density at radius 3 is 2.59 bits per heavy atom. The van der Waals surface area contributed by atoms with Crippen molar-refractivity contribution < 1.29 is 9.59 Å². The first-order valence-electron chi connectivity index (χ1n) is 10.4. The molecule has 1 aliphatic rings. The van der Waals surface area contributed by atoms with Crippen LogP contribution in [0.3, 0.4) is 0 Å². The maximum atomic E-state index is 13.3. The summed E-state index contributed by atoms with van der Waals surface area (Å²) in [7, 11) is 0. The zero-order valence-corrected chi connectivity index (χ0v) is 16.9. The Hall–Kier alpha value is -3.01. The van der Waals surface area contributed by atoms with E-state index in [0.29, 0.717) is 25.7 Å². The molecule has 0 bridgehead atoms. The van der Waals surface area contributed by atoms with Crippen LogP contribution in [0.1, 0.15) is 58.2 Å².